The number of halogens is 1. The fraction of sp³-hybridized carbons (Fsp3) is 0.312. The molecule has 0 radical (unpaired) electrons. The van der Waals surface area contributed by atoms with E-state index in [1.807, 2.05) is 30.5 Å². The SMILES string of the molecule is COc1cccc(N2CCN(c3ncccc3Br)CC2)c1. The number of rotatable bonds is 3. The van der Waals surface area contributed by atoms with E-state index < -0.39 is 0 Å². The van der Waals surface area contributed by atoms with Crippen LogP contribution in [0.3, 0.4) is 0 Å². The van der Waals surface area contributed by atoms with Gasteiger partial charge in [-0.3, -0.25) is 0 Å². The molecule has 4 nitrogen and oxygen atoms in total. The van der Waals surface area contributed by atoms with Crippen LogP contribution < -0.4 is 14.5 Å². The second-order valence-corrected chi connectivity index (χ2v) is 5.84. The maximum absolute atomic E-state index is 5.30. The first-order valence-corrected chi connectivity index (χ1v) is 7.81. The third-order valence-electron chi connectivity index (χ3n) is 3.74. The van der Waals surface area contributed by atoms with Crippen molar-refractivity contribution < 1.29 is 4.74 Å². The summed E-state index contributed by atoms with van der Waals surface area (Å²) in [7, 11) is 1.70. The standard InChI is InChI=1S/C16H18BrN3O/c1-21-14-5-2-4-13(12-14)19-8-10-20(11-9-19)16-15(17)6-3-7-18-16/h2-7,12H,8-11H2,1H3. The first-order valence-electron chi connectivity index (χ1n) is 7.02. The Morgan fingerprint density at radius 1 is 1.05 bits per heavy atom. The molecule has 0 bridgehead atoms. The second-order valence-electron chi connectivity index (χ2n) is 4.98. The molecule has 0 amide bonds. The summed E-state index contributed by atoms with van der Waals surface area (Å²) >= 11 is 3.58. The minimum atomic E-state index is 0.905. The van der Waals surface area contributed by atoms with Gasteiger partial charge in [0.25, 0.3) is 0 Å². The lowest BCUT2D eigenvalue weighted by molar-refractivity contribution is 0.414. The summed E-state index contributed by atoms with van der Waals surface area (Å²) in [6.45, 7) is 3.89. The van der Waals surface area contributed by atoms with Gasteiger partial charge in [0.2, 0.25) is 0 Å². The Bertz CT molecular complexity index is 612. The van der Waals surface area contributed by atoms with Crippen molar-refractivity contribution in [2.45, 2.75) is 0 Å². The van der Waals surface area contributed by atoms with Gasteiger partial charge in [-0.15, -0.1) is 0 Å². The molecule has 1 aliphatic rings. The lowest BCUT2D eigenvalue weighted by atomic mass is 10.2. The highest BCUT2D eigenvalue weighted by Crippen LogP contribution is 2.26. The van der Waals surface area contributed by atoms with Crippen LogP contribution in [0.1, 0.15) is 0 Å². The number of benzene rings is 1. The largest absolute Gasteiger partial charge is 0.497 e. The molecule has 1 aliphatic heterocycles. The zero-order valence-corrected chi connectivity index (χ0v) is 13.6. The second kappa shape index (κ2) is 6.35. The Labute approximate surface area is 133 Å². The van der Waals surface area contributed by atoms with Gasteiger partial charge in [0.05, 0.1) is 11.6 Å². The fourth-order valence-corrected chi connectivity index (χ4v) is 3.10. The number of piperazine rings is 1. The minimum Gasteiger partial charge on any atom is -0.497 e. The number of ether oxygens (including phenoxy) is 1. The lowest BCUT2D eigenvalue weighted by Crippen LogP contribution is -2.47. The highest BCUT2D eigenvalue weighted by atomic mass is 79.9. The summed E-state index contributed by atoms with van der Waals surface area (Å²) in [6.07, 6.45) is 1.84. The van der Waals surface area contributed by atoms with Gasteiger partial charge < -0.3 is 14.5 Å². The van der Waals surface area contributed by atoms with Crippen molar-refractivity contribution in [1.82, 2.24) is 4.98 Å². The number of aromatic nitrogens is 1. The summed E-state index contributed by atoms with van der Waals surface area (Å²) in [5.74, 6) is 1.94. The third-order valence-corrected chi connectivity index (χ3v) is 4.36. The van der Waals surface area contributed by atoms with Crippen molar-refractivity contribution in [2.75, 3.05) is 43.1 Å². The fourth-order valence-electron chi connectivity index (χ4n) is 2.59. The van der Waals surface area contributed by atoms with Crippen LogP contribution in [0, 0.1) is 0 Å². The number of anilines is 2. The van der Waals surface area contributed by atoms with Crippen LogP contribution in [0.25, 0.3) is 0 Å². The average Bonchev–Trinajstić information content (AvgIpc) is 2.56. The Balaban J connectivity index is 1.69. The molecule has 1 aromatic carbocycles. The van der Waals surface area contributed by atoms with Crippen molar-refractivity contribution >= 4 is 27.4 Å². The number of methoxy groups -OCH3 is 1. The van der Waals surface area contributed by atoms with Gasteiger partial charge in [0.1, 0.15) is 11.6 Å². The van der Waals surface area contributed by atoms with Gasteiger partial charge in [0, 0.05) is 44.1 Å². The highest BCUT2D eigenvalue weighted by Gasteiger charge is 2.19. The predicted molar refractivity (Wildman–Crippen MR) is 89.4 cm³/mol. The Hall–Kier alpha value is -1.75. The molecule has 2 heterocycles. The van der Waals surface area contributed by atoms with E-state index in [2.05, 4.69) is 42.8 Å². The molecule has 0 saturated carbocycles. The molecule has 0 spiro atoms. The first kappa shape index (κ1) is 14.2. The van der Waals surface area contributed by atoms with Crippen molar-refractivity contribution in [3.8, 4) is 5.75 Å². The van der Waals surface area contributed by atoms with Crippen molar-refractivity contribution in [2.24, 2.45) is 0 Å². The van der Waals surface area contributed by atoms with Crippen molar-refractivity contribution in [1.29, 1.82) is 0 Å². The van der Waals surface area contributed by atoms with Crippen LogP contribution in [0.15, 0.2) is 47.1 Å². The molecular formula is C16H18BrN3O. The zero-order chi connectivity index (χ0) is 14.7. The number of hydrogen-bond donors (Lipinski definition) is 0. The smallest absolute Gasteiger partial charge is 0.142 e. The monoisotopic (exact) mass is 347 g/mol. The van der Waals surface area contributed by atoms with E-state index in [1.165, 1.54) is 5.69 Å². The van der Waals surface area contributed by atoms with E-state index >= 15 is 0 Å². The molecule has 21 heavy (non-hydrogen) atoms. The van der Waals surface area contributed by atoms with Crippen molar-refractivity contribution in [3.63, 3.8) is 0 Å². The molecule has 2 aromatic rings. The van der Waals surface area contributed by atoms with E-state index in [1.54, 1.807) is 7.11 Å². The van der Waals surface area contributed by atoms with E-state index in [0.717, 1.165) is 42.2 Å². The third kappa shape index (κ3) is 3.13. The predicted octanol–water partition coefficient (Wildman–Crippen LogP) is 3.18. The maximum Gasteiger partial charge on any atom is 0.142 e. The minimum absolute atomic E-state index is 0.905. The molecule has 110 valence electrons. The summed E-state index contributed by atoms with van der Waals surface area (Å²) in [4.78, 5) is 9.17. The van der Waals surface area contributed by atoms with E-state index in [9.17, 15) is 0 Å². The molecule has 5 heteroatoms. The van der Waals surface area contributed by atoms with Gasteiger partial charge in [0.15, 0.2) is 0 Å². The molecule has 0 aliphatic carbocycles. The normalized spacial score (nSPS) is 15.1. The average molecular weight is 348 g/mol. The molecule has 0 N–H and O–H groups in total. The van der Waals surface area contributed by atoms with Crippen LogP contribution in [0.2, 0.25) is 0 Å². The van der Waals surface area contributed by atoms with Crippen LogP contribution in [0.4, 0.5) is 11.5 Å². The molecule has 1 fully saturated rings. The van der Waals surface area contributed by atoms with Crippen LogP contribution >= 0.6 is 15.9 Å². The Morgan fingerprint density at radius 3 is 2.52 bits per heavy atom. The van der Waals surface area contributed by atoms with E-state index in [0.29, 0.717) is 0 Å². The number of pyridine rings is 1. The molecule has 1 saturated heterocycles. The van der Waals surface area contributed by atoms with E-state index in [-0.39, 0.29) is 0 Å². The zero-order valence-electron chi connectivity index (χ0n) is 12.0. The Kier molecular flexibility index (Phi) is 4.29. The molecule has 1 aromatic heterocycles. The number of nitrogens with zero attached hydrogens (tertiary/aromatic N) is 3. The summed E-state index contributed by atoms with van der Waals surface area (Å²) < 4.78 is 6.35. The first-order chi connectivity index (χ1) is 10.3. The van der Waals surface area contributed by atoms with Crippen molar-refractivity contribution in [3.05, 3.63) is 47.1 Å². The van der Waals surface area contributed by atoms with Crippen LogP contribution in [0.5, 0.6) is 5.75 Å². The quantitative estimate of drug-likeness (QED) is 0.852. The molecular weight excluding hydrogens is 330 g/mol. The summed E-state index contributed by atoms with van der Waals surface area (Å²) in [6, 6.07) is 12.2. The maximum atomic E-state index is 5.30. The Morgan fingerprint density at radius 2 is 1.81 bits per heavy atom. The highest BCUT2D eigenvalue weighted by molar-refractivity contribution is 9.10. The number of hydrogen-bond acceptors (Lipinski definition) is 4. The molecule has 3 rings (SSSR count). The van der Waals surface area contributed by atoms with Gasteiger partial charge in [-0.2, -0.15) is 0 Å². The van der Waals surface area contributed by atoms with E-state index in [4.69, 9.17) is 4.74 Å². The van der Waals surface area contributed by atoms with Gasteiger partial charge in [-0.05, 0) is 40.2 Å². The van der Waals surface area contributed by atoms with Gasteiger partial charge in [-0.1, -0.05) is 6.07 Å². The van der Waals surface area contributed by atoms with Crippen LogP contribution in [-0.4, -0.2) is 38.3 Å². The van der Waals surface area contributed by atoms with Gasteiger partial charge >= 0.3 is 0 Å². The molecule has 0 unspecified atom stereocenters. The van der Waals surface area contributed by atoms with Gasteiger partial charge in [-0.25, -0.2) is 4.98 Å². The summed E-state index contributed by atoms with van der Waals surface area (Å²) in [5, 5.41) is 0. The van der Waals surface area contributed by atoms with Crippen LogP contribution in [-0.2, 0) is 0 Å². The molecule has 0 atom stereocenters. The topological polar surface area (TPSA) is 28.6 Å². The summed E-state index contributed by atoms with van der Waals surface area (Å²) in [5.41, 5.74) is 1.22. The lowest BCUT2D eigenvalue weighted by Gasteiger charge is -2.37.